The van der Waals surface area contributed by atoms with Gasteiger partial charge in [-0.1, -0.05) is 17.7 Å². The Morgan fingerprint density at radius 3 is 2.18 bits per heavy atom. The van der Waals surface area contributed by atoms with Gasteiger partial charge >= 0.3 is 5.97 Å². The van der Waals surface area contributed by atoms with Gasteiger partial charge in [-0.25, -0.2) is 4.79 Å². The van der Waals surface area contributed by atoms with E-state index in [9.17, 15) is 35.4 Å². The minimum atomic E-state index is -1.69. The molecule has 3 rings (SSSR count). The number of aryl methyl sites for hydroxylation is 2. The maximum atomic E-state index is 12.3. The molecule has 1 aliphatic heterocycles. The Hall–Kier alpha value is -2.64. The third-order valence-electron chi connectivity index (χ3n) is 5.65. The van der Waals surface area contributed by atoms with E-state index in [1.807, 2.05) is 6.92 Å². The Kier molecular flexibility index (Phi) is 8.55. The van der Waals surface area contributed by atoms with E-state index in [0.29, 0.717) is 5.56 Å². The summed E-state index contributed by atoms with van der Waals surface area (Å²) in [6, 6.07) is 6.65. The molecular weight excluding hydrogens is 450 g/mol. The van der Waals surface area contributed by atoms with Crippen molar-refractivity contribution >= 4 is 5.97 Å². The predicted molar refractivity (Wildman–Crippen MR) is 116 cm³/mol. The highest BCUT2D eigenvalue weighted by Crippen LogP contribution is 2.32. The summed E-state index contributed by atoms with van der Waals surface area (Å²) < 4.78 is 16.5. The van der Waals surface area contributed by atoms with Crippen LogP contribution >= 0.6 is 0 Å². The zero-order chi connectivity index (χ0) is 25.0. The van der Waals surface area contributed by atoms with E-state index in [2.05, 4.69) is 4.98 Å². The van der Waals surface area contributed by atoms with E-state index < -0.39 is 63.1 Å². The molecule has 1 saturated heterocycles. The molecule has 1 aliphatic rings. The van der Waals surface area contributed by atoms with Gasteiger partial charge in [0.15, 0.2) is 0 Å². The number of aliphatic hydroxyl groups is 6. The third-order valence-corrected chi connectivity index (χ3v) is 5.65. The Labute approximate surface area is 195 Å². The summed E-state index contributed by atoms with van der Waals surface area (Å²) in [4.78, 5) is 16.4. The van der Waals surface area contributed by atoms with E-state index in [4.69, 9.17) is 14.2 Å². The van der Waals surface area contributed by atoms with Crippen LogP contribution in [-0.2, 0) is 29.3 Å². The van der Waals surface area contributed by atoms with Gasteiger partial charge in [0, 0.05) is 11.1 Å². The summed E-state index contributed by atoms with van der Waals surface area (Å²) in [5.74, 6) is -0.685. The lowest BCUT2D eigenvalue weighted by Gasteiger charge is -2.40. The van der Waals surface area contributed by atoms with Gasteiger partial charge in [-0.3, -0.25) is 4.98 Å². The monoisotopic (exact) mass is 479 g/mol. The van der Waals surface area contributed by atoms with Crippen molar-refractivity contribution < 1.29 is 49.6 Å². The standard InChI is InChI=1S/C23H29NO10/c1-11-3-5-13(6-4-11)22(31)32-10-17-18(28)19(29)20(30)23(33-17)34-21-12(2)24-16(9-27)14(7-25)15(21)8-26/h3-6,17-20,23,25-30H,7-10H2,1-2H3/t17-,18-,19+,20-,23+/m1/s1. The van der Waals surface area contributed by atoms with Crippen LogP contribution in [0.1, 0.15) is 38.4 Å². The lowest BCUT2D eigenvalue weighted by atomic mass is 9.99. The van der Waals surface area contributed by atoms with Crippen LogP contribution in [0.5, 0.6) is 5.75 Å². The van der Waals surface area contributed by atoms with Crippen molar-refractivity contribution in [2.45, 2.75) is 64.4 Å². The number of nitrogens with zero attached hydrogens (tertiary/aromatic N) is 1. The summed E-state index contributed by atoms with van der Waals surface area (Å²) in [5.41, 5.74) is 1.90. The summed E-state index contributed by atoms with van der Waals surface area (Å²) in [6.45, 7) is 1.36. The molecule has 34 heavy (non-hydrogen) atoms. The smallest absolute Gasteiger partial charge is 0.338 e. The van der Waals surface area contributed by atoms with Crippen LogP contribution in [0, 0.1) is 13.8 Å². The molecule has 2 aromatic rings. The van der Waals surface area contributed by atoms with Crippen LogP contribution in [0.15, 0.2) is 24.3 Å². The van der Waals surface area contributed by atoms with Crippen molar-refractivity contribution in [3.8, 4) is 5.75 Å². The highest BCUT2D eigenvalue weighted by molar-refractivity contribution is 5.89. The molecule has 0 aliphatic carbocycles. The molecule has 1 aromatic carbocycles. The van der Waals surface area contributed by atoms with E-state index >= 15 is 0 Å². The Morgan fingerprint density at radius 1 is 0.941 bits per heavy atom. The van der Waals surface area contributed by atoms with Gasteiger partial charge in [-0.2, -0.15) is 0 Å². The first-order chi connectivity index (χ1) is 16.2. The third kappa shape index (κ3) is 5.36. The minimum Gasteiger partial charge on any atom is -0.460 e. The second kappa shape index (κ2) is 11.2. The highest BCUT2D eigenvalue weighted by Gasteiger charge is 2.46. The van der Waals surface area contributed by atoms with Crippen molar-refractivity contribution in [1.82, 2.24) is 4.98 Å². The minimum absolute atomic E-state index is 0.0215. The van der Waals surface area contributed by atoms with Crippen molar-refractivity contribution in [3.05, 3.63) is 57.9 Å². The van der Waals surface area contributed by atoms with Crippen LogP contribution in [0.2, 0.25) is 0 Å². The number of carbonyl (C=O) groups is 1. The molecule has 0 bridgehead atoms. The number of ether oxygens (including phenoxy) is 3. The number of rotatable bonds is 8. The van der Waals surface area contributed by atoms with Gasteiger partial charge in [0.25, 0.3) is 0 Å². The molecule has 5 atom stereocenters. The Bertz CT molecular complexity index is 996. The van der Waals surface area contributed by atoms with Crippen LogP contribution in [0.25, 0.3) is 0 Å². The number of esters is 1. The van der Waals surface area contributed by atoms with E-state index in [1.54, 1.807) is 24.3 Å². The normalized spacial score (nSPS) is 24.6. The summed E-state index contributed by atoms with van der Waals surface area (Å²) >= 11 is 0. The largest absolute Gasteiger partial charge is 0.460 e. The van der Waals surface area contributed by atoms with Gasteiger partial charge in [0.2, 0.25) is 6.29 Å². The van der Waals surface area contributed by atoms with Gasteiger partial charge in [0.05, 0.1) is 36.8 Å². The first kappa shape index (κ1) is 26.0. The lowest BCUT2D eigenvalue weighted by molar-refractivity contribution is -0.277. The SMILES string of the molecule is Cc1ccc(C(=O)OC[C@H]2O[C@@H](Oc3c(C)nc(CO)c(CO)c3CO)[C@H](O)[C@@H](O)[C@@H]2O)cc1. The van der Waals surface area contributed by atoms with Crippen molar-refractivity contribution in [1.29, 1.82) is 0 Å². The fourth-order valence-corrected chi connectivity index (χ4v) is 3.69. The van der Waals surface area contributed by atoms with E-state index in [0.717, 1.165) is 5.56 Å². The van der Waals surface area contributed by atoms with Crippen LogP contribution in [-0.4, -0.2) is 78.9 Å². The van der Waals surface area contributed by atoms with E-state index in [1.165, 1.54) is 6.92 Å². The summed E-state index contributed by atoms with van der Waals surface area (Å²) in [7, 11) is 0. The van der Waals surface area contributed by atoms with Crippen molar-refractivity contribution in [3.63, 3.8) is 0 Å². The van der Waals surface area contributed by atoms with Crippen LogP contribution in [0.4, 0.5) is 0 Å². The molecule has 0 saturated carbocycles. The van der Waals surface area contributed by atoms with Gasteiger partial charge in [0.1, 0.15) is 36.8 Å². The topological polar surface area (TPSA) is 179 Å². The average Bonchev–Trinajstić information content (AvgIpc) is 2.84. The first-order valence-corrected chi connectivity index (χ1v) is 10.7. The maximum absolute atomic E-state index is 12.3. The molecule has 1 aromatic heterocycles. The molecule has 1 fully saturated rings. The number of hydrogen-bond acceptors (Lipinski definition) is 11. The quantitative estimate of drug-likeness (QED) is 0.262. The molecule has 6 N–H and O–H groups in total. The molecule has 0 spiro atoms. The average molecular weight is 479 g/mol. The second-order valence-electron chi connectivity index (χ2n) is 8.00. The van der Waals surface area contributed by atoms with Gasteiger partial charge in [-0.15, -0.1) is 0 Å². The maximum Gasteiger partial charge on any atom is 0.338 e. The molecule has 11 nitrogen and oxygen atoms in total. The number of aromatic nitrogens is 1. The van der Waals surface area contributed by atoms with Crippen LogP contribution < -0.4 is 4.74 Å². The van der Waals surface area contributed by atoms with Crippen molar-refractivity contribution in [2.75, 3.05) is 6.61 Å². The molecule has 0 amide bonds. The molecule has 11 heteroatoms. The molecule has 186 valence electrons. The molecular formula is C23H29NO10. The highest BCUT2D eigenvalue weighted by atomic mass is 16.7. The number of carbonyl (C=O) groups excluding carboxylic acids is 1. The summed E-state index contributed by atoms with van der Waals surface area (Å²) in [6.07, 6.45) is -7.74. The second-order valence-corrected chi connectivity index (χ2v) is 8.00. The first-order valence-electron chi connectivity index (χ1n) is 10.7. The van der Waals surface area contributed by atoms with E-state index in [-0.39, 0.29) is 28.3 Å². The number of hydrogen-bond donors (Lipinski definition) is 6. The lowest BCUT2D eigenvalue weighted by Crippen LogP contribution is -2.60. The Morgan fingerprint density at radius 2 is 1.59 bits per heavy atom. The fourth-order valence-electron chi connectivity index (χ4n) is 3.69. The molecule has 0 radical (unpaired) electrons. The number of benzene rings is 1. The van der Waals surface area contributed by atoms with Crippen molar-refractivity contribution in [2.24, 2.45) is 0 Å². The number of aliphatic hydroxyl groups excluding tert-OH is 6. The van der Waals surface area contributed by atoms with Gasteiger partial charge in [-0.05, 0) is 26.0 Å². The number of pyridine rings is 1. The molecule has 2 heterocycles. The predicted octanol–water partition coefficient (Wildman–Crippen LogP) is -0.781. The zero-order valence-electron chi connectivity index (χ0n) is 18.8. The Balaban J connectivity index is 1.79. The van der Waals surface area contributed by atoms with Crippen LogP contribution in [0.3, 0.4) is 0 Å². The molecule has 0 unspecified atom stereocenters. The summed E-state index contributed by atoms with van der Waals surface area (Å²) in [5, 5.41) is 60.0. The fraction of sp³-hybridized carbons (Fsp3) is 0.478. The van der Waals surface area contributed by atoms with Gasteiger partial charge < -0.3 is 44.8 Å². The zero-order valence-corrected chi connectivity index (χ0v) is 18.8.